The van der Waals surface area contributed by atoms with E-state index in [1.165, 1.54) is 5.56 Å². The van der Waals surface area contributed by atoms with Gasteiger partial charge >= 0.3 is 0 Å². The number of aromatic nitrogens is 1. The predicted molar refractivity (Wildman–Crippen MR) is 72.4 cm³/mol. The van der Waals surface area contributed by atoms with Gasteiger partial charge in [-0.15, -0.1) is 0 Å². The Morgan fingerprint density at radius 2 is 2.05 bits per heavy atom. The number of hydrogen-bond acceptors (Lipinski definition) is 3. The average molecular weight is 253 g/mol. The zero-order valence-corrected chi connectivity index (χ0v) is 10.7. The minimum atomic E-state index is 0.0821. The Hall–Kier alpha value is -2.16. The van der Waals surface area contributed by atoms with Crippen LogP contribution in [-0.2, 0) is 0 Å². The third-order valence-corrected chi connectivity index (χ3v) is 3.62. The highest BCUT2D eigenvalue weighted by molar-refractivity contribution is 6.02. The van der Waals surface area contributed by atoms with E-state index < -0.39 is 0 Å². The number of rotatable bonds is 4. The Morgan fingerprint density at radius 3 is 2.79 bits per heavy atom. The van der Waals surface area contributed by atoms with Crippen LogP contribution in [0.4, 0.5) is 0 Å². The summed E-state index contributed by atoms with van der Waals surface area (Å²) in [6.45, 7) is 0. The lowest BCUT2D eigenvalue weighted by molar-refractivity contribution is 0.0962. The van der Waals surface area contributed by atoms with Gasteiger partial charge in [-0.3, -0.25) is 9.78 Å². The summed E-state index contributed by atoms with van der Waals surface area (Å²) in [4.78, 5) is 16.4. The normalized spacial score (nSPS) is 20.9. The summed E-state index contributed by atoms with van der Waals surface area (Å²) in [6.07, 6.45) is 4.15. The van der Waals surface area contributed by atoms with Crippen molar-refractivity contribution in [3.8, 4) is 5.75 Å². The fourth-order valence-electron chi connectivity index (χ4n) is 2.50. The molecular formula is C16H15NO2. The van der Waals surface area contributed by atoms with E-state index in [1.54, 1.807) is 25.6 Å². The number of hydrogen-bond donors (Lipinski definition) is 0. The molecule has 2 aromatic rings. The monoisotopic (exact) mass is 253 g/mol. The Bertz CT molecular complexity index is 595. The summed E-state index contributed by atoms with van der Waals surface area (Å²) in [5.41, 5.74) is 1.88. The Labute approximate surface area is 112 Å². The molecule has 1 heterocycles. The number of ketones is 1. The molecule has 1 saturated carbocycles. The third-order valence-electron chi connectivity index (χ3n) is 3.62. The molecule has 0 spiro atoms. The molecule has 1 aromatic carbocycles. The van der Waals surface area contributed by atoms with Gasteiger partial charge in [0.05, 0.1) is 18.9 Å². The van der Waals surface area contributed by atoms with E-state index in [4.69, 9.17) is 4.74 Å². The number of ether oxygens (including phenoxy) is 1. The van der Waals surface area contributed by atoms with Crippen molar-refractivity contribution in [1.29, 1.82) is 0 Å². The first-order chi connectivity index (χ1) is 9.31. The van der Waals surface area contributed by atoms with Crippen molar-refractivity contribution in [3.63, 3.8) is 0 Å². The first kappa shape index (κ1) is 11.9. The van der Waals surface area contributed by atoms with Crippen molar-refractivity contribution in [2.45, 2.75) is 12.3 Å². The molecule has 0 radical (unpaired) electrons. The van der Waals surface area contributed by atoms with Crippen LogP contribution < -0.4 is 4.74 Å². The zero-order chi connectivity index (χ0) is 13.2. The lowest BCUT2D eigenvalue weighted by atomic mass is 10.0. The summed E-state index contributed by atoms with van der Waals surface area (Å²) in [7, 11) is 1.56. The number of nitrogens with zero attached hydrogens (tertiary/aromatic N) is 1. The number of benzene rings is 1. The third kappa shape index (κ3) is 2.24. The van der Waals surface area contributed by atoms with Crippen LogP contribution in [0.5, 0.6) is 5.75 Å². The van der Waals surface area contributed by atoms with Gasteiger partial charge in [0.1, 0.15) is 5.75 Å². The number of carbonyl (C=O) groups is 1. The number of methoxy groups -OCH3 is 1. The van der Waals surface area contributed by atoms with Crippen LogP contribution in [-0.4, -0.2) is 17.9 Å². The van der Waals surface area contributed by atoms with Gasteiger partial charge in [-0.05, 0) is 24.0 Å². The van der Waals surface area contributed by atoms with Crippen LogP contribution in [0.15, 0.2) is 48.8 Å². The summed E-state index contributed by atoms with van der Waals surface area (Å²) >= 11 is 0. The van der Waals surface area contributed by atoms with E-state index in [-0.39, 0.29) is 11.7 Å². The van der Waals surface area contributed by atoms with Gasteiger partial charge in [-0.25, -0.2) is 0 Å². The van der Waals surface area contributed by atoms with E-state index in [9.17, 15) is 4.79 Å². The van der Waals surface area contributed by atoms with E-state index in [0.29, 0.717) is 17.2 Å². The second-order valence-corrected chi connectivity index (χ2v) is 4.80. The van der Waals surface area contributed by atoms with Gasteiger partial charge in [-0.1, -0.05) is 30.3 Å². The van der Waals surface area contributed by atoms with Gasteiger partial charge in [-0.2, -0.15) is 0 Å². The van der Waals surface area contributed by atoms with Crippen molar-refractivity contribution in [2.75, 3.05) is 7.11 Å². The van der Waals surface area contributed by atoms with Gasteiger partial charge < -0.3 is 4.74 Å². The number of pyridine rings is 1. The topological polar surface area (TPSA) is 39.2 Å². The molecule has 3 heteroatoms. The van der Waals surface area contributed by atoms with Crippen molar-refractivity contribution >= 4 is 5.78 Å². The van der Waals surface area contributed by atoms with Crippen LogP contribution in [0.25, 0.3) is 0 Å². The van der Waals surface area contributed by atoms with Gasteiger partial charge in [0.25, 0.3) is 0 Å². The predicted octanol–water partition coefficient (Wildman–Crippen LogP) is 3.08. The molecule has 3 rings (SSSR count). The summed E-state index contributed by atoms with van der Waals surface area (Å²) in [5.74, 6) is 1.16. The molecule has 1 fully saturated rings. The standard InChI is InChI=1S/C16H15NO2/c1-19-15-10-17-8-7-12(15)16(18)14-9-13(14)11-5-3-2-4-6-11/h2-8,10,13-14H,9H2,1H3. The van der Waals surface area contributed by atoms with E-state index in [1.807, 2.05) is 18.2 Å². The quantitative estimate of drug-likeness (QED) is 0.786. The van der Waals surface area contributed by atoms with Crippen LogP contribution in [0.2, 0.25) is 0 Å². The first-order valence-electron chi connectivity index (χ1n) is 6.38. The molecule has 2 atom stereocenters. The van der Waals surface area contributed by atoms with Gasteiger partial charge in [0.2, 0.25) is 0 Å². The molecule has 0 saturated heterocycles. The maximum Gasteiger partial charge on any atom is 0.170 e. The van der Waals surface area contributed by atoms with E-state index in [2.05, 4.69) is 17.1 Å². The highest BCUT2D eigenvalue weighted by atomic mass is 16.5. The Balaban J connectivity index is 1.80. The SMILES string of the molecule is COc1cnccc1C(=O)C1CC1c1ccccc1. The summed E-state index contributed by atoms with van der Waals surface area (Å²) in [5, 5.41) is 0. The minimum absolute atomic E-state index is 0.0821. The van der Waals surface area contributed by atoms with E-state index >= 15 is 0 Å². The highest BCUT2D eigenvalue weighted by Gasteiger charge is 2.44. The molecule has 0 N–H and O–H groups in total. The summed E-state index contributed by atoms with van der Waals surface area (Å²) < 4.78 is 5.20. The Kier molecular flexibility index (Phi) is 3.03. The fourth-order valence-corrected chi connectivity index (χ4v) is 2.50. The van der Waals surface area contributed by atoms with Crippen molar-refractivity contribution in [3.05, 3.63) is 59.9 Å². The van der Waals surface area contributed by atoms with Crippen molar-refractivity contribution in [2.24, 2.45) is 5.92 Å². The average Bonchev–Trinajstić information content (AvgIpc) is 3.28. The molecule has 2 unspecified atom stereocenters. The number of carbonyl (C=O) groups excluding carboxylic acids is 1. The second-order valence-electron chi connectivity index (χ2n) is 4.80. The van der Waals surface area contributed by atoms with Gasteiger partial charge in [0.15, 0.2) is 5.78 Å². The van der Waals surface area contributed by atoms with Crippen molar-refractivity contribution in [1.82, 2.24) is 4.98 Å². The molecule has 1 aliphatic carbocycles. The molecule has 96 valence electrons. The molecule has 19 heavy (non-hydrogen) atoms. The fraction of sp³-hybridized carbons (Fsp3) is 0.250. The molecular weight excluding hydrogens is 238 g/mol. The maximum atomic E-state index is 12.5. The smallest absolute Gasteiger partial charge is 0.170 e. The molecule has 1 aromatic heterocycles. The van der Waals surface area contributed by atoms with Crippen LogP contribution in [0, 0.1) is 5.92 Å². The Morgan fingerprint density at radius 1 is 1.26 bits per heavy atom. The largest absolute Gasteiger partial charge is 0.494 e. The molecule has 0 bridgehead atoms. The first-order valence-corrected chi connectivity index (χ1v) is 6.38. The van der Waals surface area contributed by atoms with Crippen LogP contribution >= 0.6 is 0 Å². The second kappa shape index (κ2) is 4.84. The zero-order valence-electron chi connectivity index (χ0n) is 10.7. The van der Waals surface area contributed by atoms with E-state index in [0.717, 1.165) is 6.42 Å². The molecule has 0 amide bonds. The minimum Gasteiger partial charge on any atom is -0.494 e. The maximum absolute atomic E-state index is 12.5. The van der Waals surface area contributed by atoms with Gasteiger partial charge in [0, 0.05) is 12.1 Å². The lowest BCUT2D eigenvalue weighted by Crippen LogP contribution is -2.06. The van der Waals surface area contributed by atoms with Crippen LogP contribution in [0.1, 0.15) is 28.3 Å². The van der Waals surface area contributed by atoms with Crippen molar-refractivity contribution < 1.29 is 9.53 Å². The molecule has 3 nitrogen and oxygen atoms in total. The summed E-state index contributed by atoms with van der Waals surface area (Å²) in [6, 6.07) is 11.9. The molecule has 0 aliphatic heterocycles. The van der Waals surface area contributed by atoms with Crippen LogP contribution in [0.3, 0.4) is 0 Å². The highest BCUT2D eigenvalue weighted by Crippen LogP contribution is 2.49. The molecule has 1 aliphatic rings. The lowest BCUT2D eigenvalue weighted by Gasteiger charge is -2.06. The number of Topliss-reactive ketones (excluding diaryl/α,β-unsaturated/α-hetero) is 1.